The second-order valence-corrected chi connectivity index (χ2v) is 4.22. The molecule has 1 heterocycles. The monoisotopic (exact) mass is 265 g/mol. The van der Waals surface area contributed by atoms with Crippen LogP contribution < -0.4 is 9.47 Å². The van der Waals surface area contributed by atoms with Gasteiger partial charge in [0.25, 0.3) is 0 Å². The molecule has 0 aromatic heterocycles. The third-order valence-electron chi connectivity index (χ3n) is 3.24. The van der Waals surface area contributed by atoms with Gasteiger partial charge in [0.15, 0.2) is 11.5 Å². The highest BCUT2D eigenvalue weighted by atomic mass is 16.5. The first-order valence-electron chi connectivity index (χ1n) is 6.64. The van der Waals surface area contributed by atoms with E-state index in [1.807, 2.05) is 39.1 Å². The van der Waals surface area contributed by atoms with Crippen molar-refractivity contribution >= 4 is 5.91 Å². The van der Waals surface area contributed by atoms with Gasteiger partial charge in [-0.3, -0.25) is 4.79 Å². The molecule has 19 heavy (non-hydrogen) atoms. The number of ether oxygens (including phenoxy) is 2. The standard InChI is InChI=1S/C13H17NO3.C2H6/c1-14-7-6-10(13(14)15)9-4-5-11(16-2)12(8-9)17-3;1-2/h4-5,8,10H,6-7H2,1-3H3;1-2H3. The molecular formula is C15H23NO3. The molecule has 0 aliphatic carbocycles. The van der Waals surface area contributed by atoms with Crippen LogP contribution >= 0.6 is 0 Å². The summed E-state index contributed by atoms with van der Waals surface area (Å²) in [7, 11) is 5.04. The lowest BCUT2D eigenvalue weighted by Gasteiger charge is -2.13. The molecule has 1 aromatic rings. The number of carbonyl (C=O) groups is 1. The molecule has 0 bridgehead atoms. The molecule has 4 heteroatoms. The van der Waals surface area contributed by atoms with Gasteiger partial charge in [0, 0.05) is 13.6 Å². The zero-order valence-corrected chi connectivity index (χ0v) is 12.4. The number of likely N-dealkylation sites (tertiary alicyclic amines) is 1. The van der Waals surface area contributed by atoms with Crippen molar-refractivity contribution in [1.29, 1.82) is 0 Å². The second-order valence-electron chi connectivity index (χ2n) is 4.22. The molecule has 4 nitrogen and oxygen atoms in total. The van der Waals surface area contributed by atoms with Gasteiger partial charge < -0.3 is 14.4 Å². The highest BCUT2D eigenvalue weighted by molar-refractivity contribution is 5.85. The highest BCUT2D eigenvalue weighted by Crippen LogP contribution is 2.34. The molecule has 1 aromatic carbocycles. The Balaban J connectivity index is 0.000000861. The molecule has 1 amide bonds. The number of nitrogens with zero attached hydrogens (tertiary/aromatic N) is 1. The van der Waals surface area contributed by atoms with Crippen LogP contribution in [0.2, 0.25) is 0 Å². The van der Waals surface area contributed by atoms with Crippen LogP contribution in [-0.2, 0) is 4.79 Å². The second kappa shape index (κ2) is 7.02. The van der Waals surface area contributed by atoms with Crippen LogP contribution in [0.5, 0.6) is 11.5 Å². The normalized spacial score (nSPS) is 17.8. The van der Waals surface area contributed by atoms with Crippen molar-refractivity contribution < 1.29 is 14.3 Å². The number of amides is 1. The van der Waals surface area contributed by atoms with Crippen molar-refractivity contribution in [2.45, 2.75) is 26.2 Å². The van der Waals surface area contributed by atoms with Gasteiger partial charge in [-0.15, -0.1) is 0 Å². The lowest BCUT2D eigenvalue weighted by atomic mass is 9.97. The third-order valence-corrected chi connectivity index (χ3v) is 3.24. The lowest BCUT2D eigenvalue weighted by molar-refractivity contribution is -0.127. The maximum atomic E-state index is 11.9. The highest BCUT2D eigenvalue weighted by Gasteiger charge is 2.30. The van der Waals surface area contributed by atoms with Gasteiger partial charge in [-0.2, -0.15) is 0 Å². The van der Waals surface area contributed by atoms with E-state index in [0.717, 1.165) is 18.5 Å². The molecule has 106 valence electrons. The van der Waals surface area contributed by atoms with E-state index in [2.05, 4.69) is 0 Å². The van der Waals surface area contributed by atoms with Crippen molar-refractivity contribution in [3.05, 3.63) is 23.8 Å². The first-order valence-corrected chi connectivity index (χ1v) is 6.64. The zero-order valence-electron chi connectivity index (χ0n) is 12.4. The fraction of sp³-hybridized carbons (Fsp3) is 0.533. The molecule has 1 fully saturated rings. The summed E-state index contributed by atoms with van der Waals surface area (Å²) in [6.07, 6.45) is 0.866. The van der Waals surface area contributed by atoms with Crippen LogP contribution in [0, 0.1) is 0 Å². The van der Waals surface area contributed by atoms with Gasteiger partial charge in [0.05, 0.1) is 20.1 Å². The van der Waals surface area contributed by atoms with Crippen LogP contribution in [-0.4, -0.2) is 38.6 Å². The predicted octanol–water partition coefficient (Wildman–Crippen LogP) is 2.68. The molecule has 0 N–H and O–H groups in total. The summed E-state index contributed by atoms with van der Waals surface area (Å²) < 4.78 is 10.4. The Morgan fingerprint density at radius 2 is 1.79 bits per heavy atom. The minimum absolute atomic E-state index is 0.0418. The van der Waals surface area contributed by atoms with E-state index < -0.39 is 0 Å². The number of methoxy groups -OCH3 is 2. The minimum Gasteiger partial charge on any atom is -0.493 e. The van der Waals surface area contributed by atoms with E-state index in [4.69, 9.17) is 9.47 Å². The third kappa shape index (κ3) is 3.19. The fourth-order valence-electron chi connectivity index (χ4n) is 2.20. The predicted molar refractivity (Wildman–Crippen MR) is 75.9 cm³/mol. The number of carbonyl (C=O) groups excluding carboxylic acids is 1. The largest absolute Gasteiger partial charge is 0.493 e. The Kier molecular flexibility index (Phi) is 5.67. The summed E-state index contributed by atoms with van der Waals surface area (Å²) in [5.74, 6) is 1.50. The molecule has 2 rings (SSSR count). The van der Waals surface area contributed by atoms with Crippen LogP contribution in [0.4, 0.5) is 0 Å². The van der Waals surface area contributed by atoms with Crippen LogP contribution in [0.3, 0.4) is 0 Å². The maximum Gasteiger partial charge on any atom is 0.229 e. The zero-order chi connectivity index (χ0) is 14.4. The Bertz CT molecular complexity index is 431. The molecule has 0 radical (unpaired) electrons. The number of likely N-dealkylation sites (N-methyl/N-ethyl adjacent to an activating group) is 1. The van der Waals surface area contributed by atoms with Crippen molar-refractivity contribution in [1.82, 2.24) is 4.90 Å². The number of hydrogen-bond acceptors (Lipinski definition) is 3. The topological polar surface area (TPSA) is 38.8 Å². The molecule has 0 saturated carbocycles. The van der Waals surface area contributed by atoms with Gasteiger partial charge in [0.2, 0.25) is 5.91 Å². The summed E-state index contributed by atoms with van der Waals surface area (Å²) in [6, 6.07) is 5.67. The quantitative estimate of drug-likeness (QED) is 0.843. The summed E-state index contributed by atoms with van der Waals surface area (Å²) in [5, 5.41) is 0. The van der Waals surface area contributed by atoms with E-state index in [-0.39, 0.29) is 11.8 Å². The molecule has 0 spiro atoms. The number of rotatable bonds is 3. The summed E-state index contributed by atoms with van der Waals surface area (Å²) in [5.41, 5.74) is 0.997. The van der Waals surface area contributed by atoms with Crippen molar-refractivity contribution in [2.24, 2.45) is 0 Å². The Morgan fingerprint density at radius 3 is 2.26 bits per heavy atom. The van der Waals surface area contributed by atoms with Gasteiger partial charge >= 0.3 is 0 Å². The van der Waals surface area contributed by atoms with E-state index in [1.165, 1.54) is 0 Å². The molecule has 1 aliphatic heterocycles. The Labute approximate surface area is 115 Å². The minimum atomic E-state index is -0.0418. The summed E-state index contributed by atoms with van der Waals surface area (Å²) >= 11 is 0. The molecule has 1 aliphatic rings. The molecular weight excluding hydrogens is 242 g/mol. The average molecular weight is 265 g/mol. The first kappa shape index (κ1) is 15.3. The summed E-state index contributed by atoms with van der Waals surface area (Å²) in [4.78, 5) is 13.7. The van der Waals surface area contributed by atoms with E-state index in [0.29, 0.717) is 11.5 Å². The molecule has 1 unspecified atom stereocenters. The van der Waals surface area contributed by atoms with Crippen LogP contribution in [0.15, 0.2) is 18.2 Å². The SMILES string of the molecule is CC.COc1ccc(C2CCN(C)C2=O)cc1OC. The van der Waals surface area contributed by atoms with E-state index >= 15 is 0 Å². The smallest absolute Gasteiger partial charge is 0.229 e. The maximum absolute atomic E-state index is 11.9. The molecule has 1 saturated heterocycles. The van der Waals surface area contributed by atoms with Crippen molar-refractivity contribution in [3.63, 3.8) is 0 Å². The van der Waals surface area contributed by atoms with Crippen molar-refractivity contribution in [3.8, 4) is 11.5 Å². The number of benzene rings is 1. The van der Waals surface area contributed by atoms with Gasteiger partial charge in [-0.05, 0) is 24.1 Å². The van der Waals surface area contributed by atoms with E-state index in [1.54, 1.807) is 19.1 Å². The Hall–Kier alpha value is -1.71. The lowest BCUT2D eigenvalue weighted by Crippen LogP contribution is -2.21. The van der Waals surface area contributed by atoms with Gasteiger partial charge in [-0.25, -0.2) is 0 Å². The van der Waals surface area contributed by atoms with Crippen LogP contribution in [0.1, 0.15) is 31.7 Å². The Morgan fingerprint density at radius 1 is 1.16 bits per heavy atom. The van der Waals surface area contributed by atoms with Gasteiger partial charge in [-0.1, -0.05) is 19.9 Å². The van der Waals surface area contributed by atoms with Crippen molar-refractivity contribution in [2.75, 3.05) is 27.8 Å². The van der Waals surface area contributed by atoms with E-state index in [9.17, 15) is 4.79 Å². The fourth-order valence-corrected chi connectivity index (χ4v) is 2.20. The average Bonchev–Trinajstić information content (AvgIpc) is 2.80. The van der Waals surface area contributed by atoms with Crippen LogP contribution in [0.25, 0.3) is 0 Å². The number of hydrogen-bond donors (Lipinski definition) is 0. The first-order chi connectivity index (χ1) is 9.17. The molecule has 1 atom stereocenters. The summed E-state index contributed by atoms with van der Waals surface area (Å²) in [6.45, 7) is 4.82. The van der Waals surface area contributed by atoms with Gasteiger partial charge in [0.1, 0.15) is 0 Å².